The Morgan fingerprint density at radius 2 is 1.77 bits per heavy atom. The van der Waals surface area contributed by atoms with Crippen molar-refractivity contribution < 1.29 is 18.5 Å². The molecular formula is C24H22N2O5. The van der Waals surface area contributed by atoms with E-state index in [2.05, 4.69) is 10.1 Å². The fraction of sp³-hybridized carbons (Fsp3) is 0.250. The molecular weight excluding hydrogens is 396 g/mol. The smallest absolute Gasteiger partial charge is 0.349 e. The molecule has 0 unspecified atom stereocenters. The second-order valence-electron chi connectivity index (χ2n) is 8.47. The molecule has 0 spiro atoms. The summed E-state index contributed by atoms with van der Waals surface area (Å²) in [4.78, 5) is 28.7. The van der Waals surface area contributed by atoms with Crippen LogP contribution < -0.4 is 10.4 Å². The fourth-order valence-electron chi connectivity index (χ4n) is 3.17. The van der Waals surface area contributed by atoms with Gasteiger partial charge in [-0.15, -0.1) is 0 Å². The third-order valence-corrected chi connectivity index (χ3v) is 4.88. The Morgan fingerprint density at radius 3 is 2.42 bits per heavy atom. The number of benzene rings is 2. The highest BCUT2D eigenvalue weighted by Crippen LogP contribution is 2.34. The van der Waals surface area contributed by atoms with Gasteiger partial charge in [-0.3, -0.25) is 4.79 Å². The molecule has 0 saturated heterocycles. The number of hydrogen-bond acceptors (Lipinski definition) is 7. The number of carbonyl (C=O) groups excluding carboxylic acids is 1. The summed E-state index contributed by atoms with van der Waals surface area (Å²) in [7, 11) is 0. The van der Waals surface area contributed by atoms with Crippen LogP contribution in [0.15, 0.2) is 56.2 Å². The number of carbonyl (C=O) groups is 1. The monoisotopic (exact) mass is 418 g/mol. The van der Waals surface area contributed by atoms with Crippen molar-refractivity contribution >= 4 is 16.9 Å². The molecule has 0 aliphatic rings. The SMILES string of the molecule is CC(=O)Oc1cc(C(C)(C)C)cc2cc(-c3nc(-c4ccc(C)cc4)no3)c(=O)oc12. The lowest BCUT2D eigenvalue weighted by atomic mass is 9.86. The van der Waals surface area contributed by atoms with Gasteiger partial charge in [0.2, 0.25) is 5.82 Å². The Hall–Kier alpha value is -3.74. The third-order valence-electron chi connectivity index (χ3n) is 4.88. The van der Waals surface area contributed by atoms with Crippen molar-refractivity contribution in [1.82, 2.24) is 10.1 Å². The lowest BCUT2D eigenvalue weighted by Gasteiger charge is -2.20. The van der Waals surface area contributed by atoms with Gasteiger partial charge in [0.25, 0.3) is 5.89 Å². The van der Waals surface area contributed by atoms with Gasteiger partial charge in [0.15, 0.2) is 11.3 Å². The molecule has 2 aromatic carbocycles. The highest BCUT2D eigenvalue weighted by molar-refractivity contribution is 5.88. The van der Waals surface area contributed by atoms with E-state index in [0.717, 1.165) is 16.7 Å². The van der Waals surface area contributed by atoms with E-state index in [4.69, 9.17) is 13.7 Å². The summed E-state index contributed by atoms with van der Waals surface area (Å²) in [6.07, 6.45) is 0. The molecule has 0 atom stereocenters. The quantitative estimate of drug-likeness (QED) is 0.261. The molecule has 158 valence electrons. The average molecular weight is 418 g/mol. The van der Waals surface area contributed by atoms with Gasteiger partial charge in [-0.2, -0.15) is 4.98 Å². The van der Waals surface area contributed by atoms with Crippen LogP contribution in [0.25, 0.3) is 33.8 Å². The molecule has 2 heterocycles. The Balaban J connectivity index is 1.86. The molecule has 7 nitrogen and oxygen atoms in total. The van der Waals surface area contributed by atoms with E-state index in [0.29, 0.717) is 11.2 Å². The van der Waals surface area contributed by atoms with Crippen LogP contribution in [0, 0.1) is 6.92 Å². The molecule has 2 aromatic heterocycles. The minimum Gasteiger partial charge on any atom is -0.423 e. The molecule has 0 fully saturated rings. The van der Waals surface area contributed by atoms with E-state index in [-0.39, 0.29) is 28.2 Å². The van der Waals surface area contributed by atoms with E-state index < -0.39 is 11.6 Å². The van der Waals surface area contributed by atoms with Gasteiger partial charge in [-0.1, -0.05) is 55.8 Å². The first-order valence-electron chi connectivity index (χ1n) is 9.84. The number of hydrogen-bond donors (Lipinski definition) is 0. The number of aryl methyl sites for hydroxylation is 1. The van der Waals surface area contributed by atoms with Crippen LogP contribution in [0.4, 0.5) is 0 Å². The number of fused-ring (bicyclic) bond motifs is 1. The molecule has 0 N–H and O–H groups in total. The van der Waals surface area contributed by atoms with Crippen LogP contribution in [-0.2, 0) is 10.2 Å². The normalized spacial score (nSPS) is 11.6. The van der Waals surface area contributed by atoms with Crippen LogP contribution in [-0.4, -0.2) is 16.1 Å². The van der Waals surface area contributed by atoms with Crippen molar-refractivity contribution in [3.63, 3.8) is 0 Å². The van der Waals surface area contributed by atoms with Gasteiger partial charge in [0.05, 0.1) is 0 Å². The van der Waals surface area contributed by atoms with Crippen LogP contribution in [0.2, 0.25) is 0 Å². The van der Waals surface area contributed by atoms with Crippen molar-refractivity contribution in [2.24, 2.45) is 0 Å². The summed E-state index contributed by atoms with van der Waals surface area (Å²) in [5, 5.41) is 4.58. The Labute approximate surface area is 178 Å². The Kier molecular flexibility index (Phi) is 4.97. The summed E-state index contributed by atoms with van der Waals surface area (Å²) < 4.78 is 16.2. The number of esters is 1. The molecule has 0 amide bonds. The largest absolute Gasteiger partial charge is 0.423 e. The summed E-state index contributed by atoms with van der Waals surface area (Å²) in [6, 6.07) is 12.9. The minimum atomic E-state index is -0.663. The number of ether oxygens (including phenoxy) is 1. The predicted octanol–water partition coefficient (Wildman–Crippen LogP) is 5.04. The van der Waals surface area contributed by atoms with Gasteiger partial charge in [-0.25, -0.2) is 4.79 Å². The van der Waals surface area contributed by atoms with Gasteiger partial charge in [0, 0.05) is 17.9 Å². The highest BCUT2D eigenvalue weighted by atomic mass is 16.5. The Morgan fingerprint density at radius 1 is 1.06 bits per heavy atom. The van der Waals surface area contributed by atoms with E-state index in [1.165, 1.54) is 6.92 Å². The van der Waals surface area contributed by atoms with Gasteiger partial charge in [-0.05, 0) is 36.1 Å². The summed E-state index contributed by atoms with van der Waals surface area (Å²) in [5.74, 6) is 0.128. The van der Waals surface area contributed by atoms with Crippen molar-refractivity contribution in [2.75, 3.05) is 0 Å². The maximum Gasteiger partial charge on any atom is 0.349 e. The zero-order valence-corrected chi connectivity index (χ0v) is 18.0. The molecule has 7 heteroatoms. The van der Waals surface area contributed by atoms with Crippen molar-refractivity contribution in [3.05, 3.63) is 64.0 Å². The average Bonchev–Trinajstić information content (AvgIpc) is 3.17. The van der Waals surface area contributed by atoms with Crippen molar-refractivity contribution in [2.45, 2.75) is 40.0 Å². The van der Waals surface area contributed by atoms with Crippen LogP contribution >= 0.6 is 0 Å². The van der Waals surface area contributed by atoms with E-state index in [1.54, 1.807) is 12.1 Å². The van der Waals surface area contributed by atoms with Gasteiger partial charge in [0.1, 0.15) is 5.56 Å². The summed E-state index contributed by atoms with van der Waals surface area (Å²) in [6.45, 7) is 9.40. The zero-order valence-electron chi connectivity index (χ0n) is 18.0. The van der Waals surface area contributed by atoms with Crippen LogP contribution in [0.1, 0.15) is 38.8 Å². The second-order valence-corrected chi connectivity index (χ2v) is 8.47. The van der Waals surface area contributed by atoms with Crippen molar-refractivity contribution in [1.29, 1.82) is 0 Å². The first-order chi connectivity index (χ1) is 14.6. The predicted molar refractivity (Wildman–Crippen MR) is 116 cm³/mol. The van der Waals surface area contributed by atoms with E-state index in [9.17, 15) is 9.59 Å². The molecule has 0 aliphatic heterocycles. The molecule has 31 heavy (non-hydrogen) atoms. The number of aromatic nitrogens is 2. The standard InChI is InChI=1S/C24H22N2O5/c1-13-6-8-15(9-7-13)21-25-22(31-26-21)18-11-16-10-17(24(3,4)5)12-19(29-14(2)27)20(16)30-23(18)28/h6-12H,1-5H3. The summed E-state index contributed by atoms with van der Waals surface area (Å²) in [5.41, 5.74) is 2.25. The summed E-state index contributed by atoms with van der Waals surface area (Å²) >= 11 is 0. The van der Waals surface area contributed by atoms with E-state index >= 15 is 0 Å². The first kappa shape index (κ1) is 20.5. The molecule has 0 radical (unpaired) electrons. The topological polar surface area (TPSA) is 95.4 Å². The second kappa shape index (κ2) is 7.50. The third kappa shape index (κ3) is 4.12. The van der Waals surface area contributed by atoms with Gasteiger partial charge < -0.3 is 13.7 Å². The molecule has 0 bridgehead atoms. The fourth-order valence-corrected chi connectivity index (χ4v) is 3.17. The molecule has 0 aliphatic carbocycles. The molecule has 4 rings (SSSR count). The minimum absolute atomic E-state index is 0.0569. The van der Waals surface area contributed by atoms with Gasteiger partial charge >= 0.3 is 11.6 Å². The highest BCUT2D eigenvalue weighted by Gasteiger charge is 2.22. The zero-order chi connectivity index (χ0) is 22.3. The number of rotatable bonds is 3. The van der Waals surface area contributed by atoms with Crippen LogP contribution in [0.3, 0.4) is 0 Å². The maximum atomic E-state index is 12.7. The molecule has 0 saturated carbocycles. The number of nitrogens with zero attached hydrogens (tertiary/aromatic N) is 2. The maximum absolute atomic E-state index is 12.7. The first-order valence-corrected chi connectivity index (χ1v) is 9.84. The lowest BCUT2D eigenvalue weighted by Crippen LogP contribution is -2.13. The van der Waals surface area contributed by atoms with Crippen LogP contribution in [0.5, 0.6) is 5.75 Å². The van der Waals surface area contributed by atoms with E-state index in [1.807, 2.05) is 58.0 Å². The Bertz CT molecular complexity index is 1340. The van der Waals surface area contributed by atoms with Crippen molar-refractivity contribution in [3.8, 4) is 28.6 Å². The lowest BCUT2D eigenvalue weighted by molar-refractivity contribution is -0.131. The molecule has 4 aromatic rings.